The van der Waals surface area contributed by atoms with Gasteiger partial charge in [-0.15, -0.1) is 0 Å². The van der Waals surface area contributed by atoms with Crippen molar-refractivity contribution in [2.24, 2.45) is 5.92 Å². The van der Waals surface area contributed by atoms with E-state index in [4.69, 9.17) is 9.15 Å². The number of esters is 1. The Morgan fingerprint density at radius 1 is 1.21 bits per heavy atom. The van der Waals surface area contributed by atoms with Crippen molar-refractivity contribution >= 4 is 17.8 Å². The molecule has 1 saturated carbocycles. The fourth-order valence-electron chi connectivity index (χ4n) is 4.14. The molecule has 2 atom stereocenters. The van der Waals surface area contributed by atoms with E-state index in [9.17, 15) is 27.6 Å². The van der Waals surface area contributed by atoms with E-state index in [0.29, 0.717) is 30.6 Å². The summed E-state index contributed by atoms with van der Waals surface area (Å²) >= 11 is 0. The Labute approximate surface area is 194 Å². The van der Waals surface area contributed by atoms with E-state index in [1.807, 2.05) is 0 Å². The van der Waals surface area contributed by atoms with Gasteiger partial charge in [-0.1, -0.05) is 12.8 Å². The van der Waals surface area contributed by atoms with E-state index < -0.39 is 41.4 Å². The fourth-order valence-corrected chi connectivity index (χ4v) is 4.14. The van der Waals surface area contributed by atoms with E-state index in [1.165, 1.54) is 11.2 Å². The van der Waals surface area contributed by atoms with Crippen molar-refractivity contribution in [2.45, 2.75) is 63.8 Å². The molecular formula is C24H25F3N2O5. The van der Waals surface area contributed by atoms with Gasteiger partial charge in [0.25, 0.3) is 0 Å². The fraction of sp³-hybridized carbons (Fsp3) is 0.458. The minimum absolute atomic E-state index is 0.0520. The van der Waals surface area contributed by atoms with Crippen LogP contribution in [0.25, 0.3) is 0 Å². The van der Waals surface area contributed by atoms with Crippen molar-refractivity contribution in [3.8, 4) is 0 Å². The Hall–Kier alpha value is -3.30. The number of hydrogen-bond donors (Lipinski definition) is 1. The molecule has 2 aromatic rings. The summed E-state index contributed by atoms with van der Waals surface area (Å²) in [6.45, 7) is -0.405. The average Bonchev–Trinajstić information content (AvgIpc) is 3.33. The molecule has 1 aliphatic heterocycles. The average molecular weight is 478 g/mol. The lowest BCUT2D eigenvalue weighted by molar-refractivity contribution is -0.150. The van der Waals surface area contributed by atoms with E-state index in [2.05, 4.69) is 5.32 Å². The van der Waals surface area contributed by atoms with Gasteiger partial charge in [0.1, 0.15) is 24.2 Å². The summed E-state index contributed by atoms with van der Waals surface area (Å²) < 4.78 is 51.6. The lowest BCUT2D eigenvalue weighted by atomic mass is 10.1. The summed E-state index contributed by atoms with van der Waals surface area (Å²) in [5, 5.41) is 2.70. The number of benzene rings is 1. The third-order valence-electron chi connectivity index (χ3n) is 6.11. The van der Waals surface area contributed by atoms with Crippen LogP contribution in [-0.4, -0.2) is 34.8 Å². The molecule has 1 aromatic carbocycles. The number of carbonyl (C=O) groups excluding carboxylic acids is 3. The number of furan rings is 1. The number of nitrogens with zero attached hydrogens (tertiary/aromatic N) is 1. The number of amides is 2. The third-order valence-corrected chi connectivity index (χ3v) is 6.11. The second-order valence-electron chi connectivity index (χ2n) is 8.77. The number of ether oxygens (including phenoxy) is 1. The SMILES string of the molecule is O=C(C[C@@H]1CCC(=O)N1Cc1cc(F)cc(F)c1F)N[C@@H](CC1CC1)C(=O)OCc1ccco1. The Kier molecular flexibility index (Phi) is 7.23. The zero-order valence-corrected chi connectivity index (χ0v) is 18.4. The molecular weight excluding hydrogens is 453 g/mol. The molecule has 4 rings (SSSR count). The van der Waals surface area contributed by atoms with Crippen LogP contribution in [0.1, 0.15) is 49.8 Å². The lowest BCUT2D eigenvalue weighted by Crippen LogP contribution is -2.44. The topological polar surface area (TPSA) is 88.9 Å². The minimum Gasteiger partial charge on any atom is -0.466 e. The monoisotopic (exact) mass is 478 g/mol. The number of likely N-dealkylation sites (tertiary alicyclic amines) is 1. The maximum Gasteiger partial charge on any atom is 0.329 e. The van der Waals surface area contributed by atoms with Crippen LogP contribution in [0.5, 0.6) is 0 Å². The van der Waals surface area contributed by atoms with Crippen molar-refractivity contribution < 1.29 is 36.7 Å². The van der Waals surface area contributed by atoms with Crippen molar-refractivity contribution in [1.29, 1.82) is 0 Å². The van der Waals surface area contributed by atoms with Crippen LogP contribution in [0.15, 0.2) is 34.9 Å². The van der Waals surface area contributed by atoms with Gasteiger partial charge in [-0.2, -0.15) is 0 Å². The molecule has 7 nitrogen and oxygen atoms in total. The van der Waals surface area contributed by atoms with Crippen LogP contribution >= 0.6 is 0 Å². The third kappa shape index (κ3) is 5.98. The van der Waals surface area contributed by atoms with Gasteiger partial charge >= 0.3 is 5.97 Å². The highest BCUT2D eigenvalue weighted by Crippen LogP contribution is 2.34. The molecule has 0 bridgehead atoms. The summed E-state index contributed by atoms with van der Waals surface area (Å²) in [6, 6.07) is 3.18. The molecule has 2 aliphatic rings. The second-order valence-corrected chi connectivity index (χ2v) is 8.77. The molecule has 2 heterocycles. The first-order valence-electron chi connectivity index (χ1n) is 11.2. The zero-order valence-electron chi connectivity index (χ0n) is 18.4. The van der Waals surface area contributed by atoms with Gasteiger partial charge in [-0.3, -0.25) is 9.59 Å². The standard InChI is InChI=1S/C24H25F3N2O5/c25-16-9-15(23(27)19(26)10-16)12-29-17(5-6-22(29)31)11-21(30)28-20(8-14-3-4-14)24(32)34-13-18-2-1-7-33-18/h1-2,7,9-10,14,17,20H,3-6,8,11-13H2,(H,28,30)/t17-,20-/m0/s1. The van der Waals surface area contributed by atoms with Gasteiger partial charge in [0.2, 0.25) is 11.8 Å². The largest absolute Gasteiger partial charge is 0.466 e. The highest BCUT2D eigenvalue weighted by Gasteiger charge is 2.36. The molecule has 34 heavy (non-hydrogen) atoms. The molecule has 182 valence electrons. The van der Waals surface area contributed by atoms with Crippen molar-refractivity contribution in [3.63, 3.8) is 0 Å². The first-order valence-corrected chi connectivity index (χ1v) is 11.2. The summed E-state index contributed by atoms with van der Waals surface area (Å²) in [5.41, 5.74) is -0.300. The number of hydrogen-bond acceptors (Lipinski definition) is 5. The smallest absolute Gasteiger partial charge is 0.329 e. The number of nitrogens with one attached hydrogen (secondary N) is 1. The molecule has 0 radical (unpaired) electrons. The molecule has 2 fully saturated rings. The Morgan fingerprint density at radius 3 is 2.71 bits per heavy atom. The zero-order chi connectivity index (χ0) is 24.2. The van der Waals surface area contributed by atoms with E-state index in [1.54, 1.807) is 12.1 Å². The maximum atomic E-state index is 14.1. The first kappa shape index (κ1) is 23.8. The summed E-state index contributed by atoms with van der Waals surface area (Å²) in [4.78, 5) is 38.9. The van der Waals surface area contributed by atoms with Gasteiger partial charge in [0, 0.05) is 37.1 Å². The quantitative estimate of drug-likeness (QED) is 0.416. The van der Waals surface area contributed by atoms with Gasteiger partial charge in [0.05, 0.1) is 6.26 Å². The molecule has 1 N–H and O–H groups in total. The number of carbonyl (C=O) groups is 3. The number of rotatable bonds is 10. The molecule has 1 saturated heterocycles. The van der Waals surface area contributed by atoms with Crippen LogP contribution in [0.3, 0.4) is 0 Å². The van der Waals surface area contributed by atoms with Crippen LogP contribution in [0, 0.1) is 23.4 Å². The van der Waals surface area contributed by atoms with Crippen molar-refractivity contribution in [2.75, 3.05) is 0 Å². The van der Waals surface area contributed by atoms with E-state index in [0.717, 1.165) is 18.9 Å². The van der Waals surface area contributed by atoms with Crippen LogP contribution in [0.4, 0.5) is 13.2 Å². The number of halogens is 3. The molecule has 0 unspecified atom stereocenters. The van der Waals surface area contributed by atoms with Crippen molar-refractivity contribution in [1.82, 2.24) is 10.2 Å². The van der Waals surface area contributed by atoms with Crippen molar-refractivity contribution in [3.05, 3.63) is 59.3 Å². The normalized spacial score (nSPS) is 18.7. The van der Waals surface area contributed by atoms with Crippen LogP contribution in [-0.2, 0) is 32.3 Å². The van der Waals surface area contributed by atoms with Gasteiger partial charge in [-0.25, -0.2) is 18.0 Å². The predicted molar refractivity (Wildman–Crippen MR) is 112 cm³/mol. The molecule has 1 aliphatic carbocycles. The lowest BCUT2D eigenvalue weighted by Gasteiger charge is -2.26. The van der Waals surface area contributed by atoms with E-state index >= 15 is 0 Å². The molecule has 2 amide bonds. The maximum absolute atomic E-state index is 14.1. The van der Waals surface area contributed by atoms with E-state index in [-0.39, 0.29) is 37.5 Å². The van der Waals surface area contributed by atoms with Gasteiger partial charge in [0.15, 0.2) is 11.6 Å². The Morgan fingerprint density at radius 2 is 2.00 bits per heavy atom. The van der Waals surface area contributed by atoms with Crippen LogP contribution < -0.4 is 5.32 Å². The summed E-state index contributed by atoms with van der Waals surface area (Å²) in [7, 11) is 0. The second kappa shape index (κ2) is 10.3. The molecule has 0 spiro atoms. The Bertz CT molecular complexity index is 1060. The summed E-state index contributed by atoms with van der Waals surface area (Å²) in [6.07, 6.45) is 4.19. The van der Waals surface area contributed by atoms with Gasteiger partial charge in [-0.05, 0) is 37.0 Å². The molecule has 10 heteroatoms. The van der Waals surface area contributed by atoms with Crippen LogP contribution in [0.2, 0.25) is 0 Å². The highest BCUT2D eigenvalue weighted by molar-refractivity contribution is 5.86. The summed E-state index contributed by atoms with van der Waals surface area (Å²) in [5.74, 6) is -4.09. The first-order chi connectivity index (χ1) is 16.3. The Balaban J connectivity index is 1.37. The van der Waals surface area contributed by atoms with Gasteiger partial charge < -0.3 is 19.4 Å². The predicted octanol–water partition coefficient (Wildman–Crippen LogP) is 3.61. The highest BCUT2D eigenvalue weighted by atomic mass is 19.2. The molecule has 1 aromatic heterocycles. The minimum atomic E-state index is -1.34.